The van der Waals surface area contributed by atoms with E-state index in [9.17, 15) is 19.2 Å². The van der Waals surface area contributed by atoms with Crippen LogP contribution in [0.25, 0.3) is 0 Å². The normalized spacial score (nSPS) is 22.8. The van der Waals surface area contributed by atoms with Crippen molar-refractivity contribution in [1.82, 2.24) is 30.6 Å². The average molecular weight is 793 g/mol. The molecule has 3 aromatic rings. The van der Waals surface area contributed by atoms with Crippen molar-refractivity contribution < 1.29 is 23.9 Å². The summed E-state index contributed by atoms with van der Waals surface area (Å²) in [7, 11) is 3.35. The van der Waals surface area contributed by atoms with E-state index in [2.05, 4.69) is 36.2 Å². The van der Waals surface area contributed by atoms with E-state index in [0.717, 1.165) is 101 Å². The Morgan fingerprint density at radius 1 is 0.931 bits per heavy atom. The summed E-state index contributed by atoms with van der Waals surface area (Å²) in [4.78, 5) is 66.1. The molecule has 2 aromatic carbocycles. The summed E-state index contributed by atoms with van der Waals surface area (Å²) in [6, 6.07) is 13.8. The second kappa shape index (κ2) is 17.3. The quantitative estimate of drug-likeness (QED) is 0.197. The van der Waals surface area contributed by atoms with Crippen LogP contribution in [0.4, 0.5) is 28.8 Å². The fraction of sp³-hybridized carbons (Fsp3) is 0.535. The Kier molecular flexibility index (Phi) is 11.8. The van der Waals surface area contributed by atoms with E-state index in [1.807, 2.05) is 42.3 Å². The zero-order valence-electron chi connectivity index (χ0n) is 33.8. The third kappa shape index (κ3) is 8.60. The number of methoxy groups -OCH3 is 1. The van der Waals surface area contributed by atoms with Crippen LogP contribution in [0.3, 0.4) is 0 Å². The number of anilines is 5. The maximum absolute atomic E-state index is 13.4. The number of piperidine rings is 3. The molecule has 1 aliphatic carbocycles. The lowest BCUT2D eigenvalue weighted by Gasteiger charge is -2.42. The van der Waals surface area contributed by atoms with Crippen molar-refractivity contribution in [1.29, 1.82) is 0 Å². The lowest BCUT2D eigenvalue weighted by Crippen LogP contribution is -2.54. The van der Waals surface area contributed by atoms with Crippen LogP contribution in [0.15, 0.2) is 48.7 Å². The van der Waals surface area contributed by atoms with Crippen LogP contribution in [-0.2, 0) is 14.4 Å². The molecular formula is C43H56N10O5. The van der Waals surface area contributed by atoms with Crippen LogP contribution in [-0.4, -0.2) is 109 Å². The molecule has 4 fully saturated rings. The highest BCUT2D eigenvalue weighted by molar-refractivity contribution is 6.04. The summed E-state index contributed by atoms with van der Waals surface area (Å²) in [5.41, 5.74) is 6.96. The van der Waals surface area contributed by atoms with E-state index < -0.39 is 0 Å². The van der Waals surface area contributed by atoms with Crippen LogP contribution < -0.4 is 35.9 Å². The van der Waals surface area contributed by atoms with Crippen LogP contribution in [0.1, 0.15) is 93.0 Å². The van der Waals surface area contributed by atoms with Gasteiger partial charge in [-0.05, 0) is 93.7 Å². The third-order valence-corrected chi connectivity index (χ3v) is 12.8. The summed E-state index contributed by atoms with van der Waals surface area (Å²) in [5, 5.41) is 11.4. The fourth-order valence-electron chi connectivity index (χ4n) is 9.40. The van der Waals surface area contributed by atoms with Gasteiger partial charge in [0.15, 0.2) is 5.82 Å². The number of imide groups is 1. The molecule has 8 rings (SSSR count). The fourth-order valence-corrected chi connectivity index (χ4v) is 9.40. The van der Waals surface area contributed by atoms with E-state index in [1.165, 1.54) is 0 Å². The standard InChI is InChI=1S/C43H56N10O5/c1-27-42(57)50(2)36-25-44-43(48-39(36)53(27)33-6-4-5-7-33)46-35-14-10-30(24-37(35)58-3)40(55)49-52-22-16-28(17-23-52)26-51-20-18-32(19-21-51)45-31-11-8-29(9-12-31)34-13-15-38(54)47-41(34)56/h8-12,14,24-25,27-28,32-34,45H,4-7,13,15-23,26H2,1-3H3,(H,49,55)(H,44,46,48)(H,47,54,56)/t27-,34?/m1/s1. The van der Waals surface area contributed by atoms with Gasteiger partial charge in [-0.1, -0.05) is 25.0 Å². The Morgan fingerprint density at radius 2 is 1.67 bits per heavy atom. The van der Waals surface area contributed by atoms with Crippen molar-refractivity contribution in [2.45, 2.75) is 95.2 Å². The smallest absolute Gasteiger partial charge is 0.265 e. The number of likely N-dealkylation sites (tertiary alicyclic amines) is 1. The van der Waals surface area contributed by atoms with E-state index in [0.29, 0.717) is 53.4 Å². The second-order valence-electron chi connectivity index (χ2n) is 16.6. The summed E-state index contributed by atoms with van der Waals surface area (Å²) < 4.78 is 5.71. The molecule has 15 nitrogen and oxygen atoms in total. The molecular weight excluding hydrogens is 737 g/mol. The number of rotatable bonds is 11. The molecule has 5 aliphatic rings. The van der Waals surface area contributed by atoms with Gasteiger partial charge < -0.3 is 30.1 Å². The monoisotopic (exact) mass is 792 g/mol. The van der Waals surface area contributed by atoms with E-state index in [1.54, 1.807) is 37.4 Å². The largest absolute Gasteiger partial charge is 0.495 e. The van der Waals surface area contributed by atoms with Gasteiger partial charge in [0, 0.05) is 69.5 Å². The van der Waals surface area contributed by atoms with Crippen molar-refractivity contribution in [3.05, 3.63) is 59.8 Å². The Morgan fingerprint density at radius 3 is 2.38 bits per heavy atom. The van der Waals surface area contributed by atoms with Gasteiger partial charge in [0.25, 0.3) is 5.91 Å². The number of aromatic nitrogens is 2. The first kappa shape index (κ1) is 39.5. The molecule has 308 valence electrons. The molecule has 5 heterocycles. The Hall–Kier alpha value is -5.28. The van der Waals surface area contributed by atoms with Crippen molar-refractivity contribution in [2.75, 3.05) is 67.3 Å². The number of carbonyl (C=O) groups excluding carboxylic acids is 4. The van der Waals surface area contributed by atoms with E-state index >= 15 is 0 Å². The molecule has 4 aliphatic heterocycles. The number of likely N-dealkylation sites (N-methyl/N-ethyl adjacent to an activating group) is 1. The van der Waals surface area contributed by atoms with Gasteiger partial charge >= 0.3 is 0 Å². The molecule has 0 bridgehead atoms. The highest BCUT2D eigenvalue weighted by atomic mass is 16.5. The van der Waals surface area contributed by atoms with Crippen LogP contribution in [0.2, 0.25) is 0 Å². The molecule has 3 saturated heterocycles. The maximum atomic E-state index is 13.4. The zero-order chi connectivity index (χ0) is 40.3. The summed E-state index contributed by atoms with van der Waals surface area (Å²) >= 11 is 0. The molecule has 1 unspecified atom stereocenters. The number of nitrogens with one attached hydrogen (secondary N) is 4. The lowest BCUT2D eigenvalue weighted by molar-refractivity contribution is -0.134. The van der Waals surface area contributed by atoms with Crippen LogP contribution >= 0.6 is 0 Å². The SMILES string of the molecule is COc1cc(C(=O)NN2CCC(CN3CCC(Nc4ccc(C5CCC(=O)NC5=O)cc4)CC3)CC2)ccc1Nc1ncc2c(n1)N(C1CCCC1)[C@H](C)C(=O)N2C. The molecule has 0 spiro atoms. The molecule has 4 amide bonds. The second-order valence-corrected chi connectivity index (χ2v) is 16.6. The predicted molar refractivity (Wildman–Crippen MR) is 222 cm³/mol. The number of hydrazine groups is 1. The molecule has 4 N–H and O–H groups in total. The van der Waals surface area contributed by atoms with Gasteiger partial charge in [-0.15, -0.1) is 0 Å². The highest BCUT2D eigenvalue weighted by Gasteiger charge is 2.40. The summed E-state index contributed by atoms with van der Waals surface area (Å²) in [6.45, 7) is 6.71. The number of hydrogen-bond donors (Lipinski definition) is 4. The maximum Gasteiger partial charge on any atom is 0.265 e. The third-order valence-electron chi connectivity index (χ3n) is 12.8. The zero-order valence-corrected chi connectivity index (χ0v) is 33.8. The molecule has 15 heteroatoms. The highest BCUT2D eigenvalue weighted by Crippen LogP contribution is 2.40. The molecule has 1 saturated carbocycles. The van der Waals surface area contributed by atoms with Crippen molar-refractivity contribution in [3.8, 4) is 5.75 Å². The summed E-state index contributed by atoms with van der Waals surface area (Å²) in [6.07, 6.45) is 11.2. The van der Waals surface area contributed by atoms with Gasteiger partial charge in [0.05, 0.1) is 24.9 Å². The number of carbonyl (C=O) groups is 4. The van der Waals surface area contributed by atoms with E-state index in [4.69, 9.17) is 9.72 Å². The predicted octanol–water partition coefficient (Wildman–Crippen LogP) is 4.80. The van der Waals surface area contributed by atoms with Gasteiger partial charge in [-0.25, -0.2) is 9.99 Å². The molecule has 0 radical (unpaired) electrons. The minimum Gasteiger partial charge on any atom is -0.495 e. The number of ether oxygens (including phenoxy) is 1. The van der Waals surface area contributed by atoms with Gasteiger partial charge in [-0.2, -0.15) is 4.98 Å². The molecule has 1 aromatic heterocycles. The minimum absolute atomic E-state index is 0.0420. The van der Waals surface area contributed by atoms with Crippen molar-refractivity contribution in [3.63, 3.8) is 0 Å². The van der Waals surface area contributed by atoms with Crippen molar-refractivity contribution >= 4 is 52.5 Å². The Balaban J connectivity index is 0.789. The number of nitrogens with zero attached hydrogens (tertiary/aromatic N) is 6. The number of benzene rings is 2. The van der Waals surface area contributed by atoms with Crippen molar-refractivity contribution in [2.24, 2.45) is 5.92 Å². The lowest BCUT2D eigenvalue weighted by atomic mass is 9.90. The first-order valence-corrected chi connectivity index (χ1v) is 21.0. The van der Waals surface area contributed by atoms with E-state index in [-0.39, 0.29) is 41.6 Å². The minimum atomic E-state index is -0.304. The summed E-state index contributed by atoms with van der Waals surface area (Å²) in [5.74, 6) is 1.45. The molecule has 2 atom stereocenters. The molecule has 58 heavy (non-hydrogen) atoms. The first-order chi connectivity index (χ1) is 28.1. The Labute approximate surface area is 340 Å². The average Bonchev–Trinajstić information content (AvgIpc) is 3.77. The first-order valence-electron chi connectivity index (χ1n) is 21.0. The van der Waals surface area contributed by atoms with Crippen LogP contribution in [0, 0.1) is 5.92 Å². The van der Waals surface area contributed by atoms with Crippen LogP contribution in [0.5, 0.6) is 5.75 Å². The van der Waals surface area contributed by atoms with Gasteiger partial charge in [0.2, 0.25) is 23.7 Å². The Bertz CT molecular complexity index is 1990. The topological polar surface area (TPSA) is 164 Å². The number of fused-ring (bicyclic) bond motifs is 1. The van der Waals surface area contributed by atoms with Gasteiger partial charge in [-0.3, -0.25) is 29.9 Å². The number of amides is 4. The van der Waals surface area contributed by atoms with Gasteiger partial charge in [0.1, 0.15) is 17.5 Å². The number of hydrogen-bond acceptors (Lipinski definition) is 12.